The Morgan fingerprint density at radius 3 is 1.23 bits per heavy atom. The standard InChI is InChI=1S/C34H42N4O5Si.C23H19N3O3.C12H25BrO2Si.C6H11BrO2.C6H12O2.C5H10O.C4H8O.C4H9O.CH4O.Br2.K/c1-33(2,3)44(6,7)43-23-34(4,5)28(39)21-38-27-19-12-11-17-25(27)29(26-18-13-14-20-35-26)36-30(31(38)40)37-32(41)42-22-24-15-9-8-10-16-24;27-20-14-17-10-4-5-11-18(17)21(19-12-6-7-13-24-19)25-22(20)26-23(28)29-15-16-8-2-1-3-9-16;1-11(2,3)16(6,7)15-9-12(4,5)10(14)8-13;1-6(2,4-8)5(9)3-7;1-5(8)6(2,3)4-7;1-4(2)5(3)6;1-2-4-5-3-1;1-4(2,3)5;2*1-2;/h8-20,30H,21-23H2,1-7H3,(H,37,41);1-13,22H,14-15H2,(H,26,28);8-9H2,1-7H3;8H,3-4H2,1-2H3;7H,4H2,1-3H3;4H,1-3H3;1-4H2;1-3H3;2H,1H3;;/q;;;;;;;-1;;;+1. The van der Waals surface area contributed by atoms with E-state index in [9.17, 15) is 48.3 Å². The molecule has 0 spiro atoms. The smallest absolute Gasteiger partial charge is 0.850 e. The van der Waals surface area contributed by atoms with Gasteiger partial charge in [0.05, 0.1) is 58.9 Å². The van der Waals surface area contributed by atoms with Crippen molar-refractivity contribution in [1.29, 1.82) is 0 Å². The maximum atomic E-state index is 14.2. The zero-order valence-corrected chi connectivity index (χ0v) is 91.3. The van der Waals surface area contributed by atoms with Gasteiger partial charge in [0, 0.05) is 119 Å². The number of pyridine rings is 2. The molecule has 700 valence electrons. The maximum Gasteiger partial charge on any atom is 1.00 e. The van der Waals surface area contributed by atoms with E-state index >= 15 is 0 Å². The van der Waals surface area contributed by atoms with Crippen LogP contribution in [0.1, 0.15) is 197 Å². The van der Waals surface area contributed by atoms with E-state index in [2.05, 4.69) is 153 Å². The summed E-state index contributed by atoms with van der Waals surface area (Å²) in [5.74, 6) is -0.211. The fourth-order valence-electron chi connectivity index (χ4n) is 9.17. The normalized spacial score (nSPS) is 14.2. The summed E-state index contributed by atoms with van der Waals surface area (Å²) in [4.78, 5) is 129. The van der Waals surface area contributed by atoms with Gasteiger partial charge in [-0.05, 0) is 110 Å². The van der Waals surface area contributed by atoms with Crippen molar-refractivity contribution in [2.75, 3.05) is 68.9 Å². The van der Waals surface area contributed by atoms with Crippen molar-refractivity contribution >= 4 is 147 Å². The molecule has 5 N–H and O–H groups in total. The number of carbonyl (C=O) groups is 9. The number of anilines is 1. The number of alkyl carbamates (subject to hydrolysis) is 2. The average molecular weight is 2080 g/mol. The molecular weight excluding hydrogens is 1940 g/mol. The van der Waals surface area contributed by atoms with E-state index in [0.29, 0.717) is 51.3 Å². The van der Waals surface area contributed by atoms with Crippen LogP contribution in [0, 0.1) is 27.6 Å². The zero-order chi connectivity index (χ0) is 96.8. The monoisotopic (exact) mass is 2080 g/mol. The van der Waals surface area contributed by atoms with Crippen LogP contribution in [0.15, 0.2) is 168 Å². The number of aliphatic imine (C=N–C) groups is 2. The number of hydrogen-bond acceptors (Lipinski definition) is 22. The Bertz CT molecular complexity index is 4360. The van der Waals surface area contributed by atoms with Crippen LogP contribution >= 0.6 is 60.1 Å². The summed E-state index contributed by atoms with van der Waals surface area (Å²) in [5, 5.41) is 40.4. The van der Waals surface area contributed by atoms with Gasteiger partial charge < -0.3 is 48.4 Å². The molecule has 2 atom stereocenters. The largest absolute Gasteiger partial charge is 1.00 e. The quantitative estimate of drug-likeness (QED) is 0.0262. The summed E-state index contributed by atoms with van der Waals surface area (Å²) < 4.78 is 28.1. The number of halogens is 4. The minimum atomic E-state index is -2.12. The number of aromatic nitrogens is 2. The topological polar surface area (TPSA) is 361 Å². The number of rotatable bonds is 25. The molecule has 5 heterocycles. The SMILES string of the molecule is BrBr.C1CCOC1.CC(=O)C(C)(C)CO.CC(=O)C(C)C.CC(C)(C)[O-].CC(C)(CO)C(=O)CBr.CC(C)(CO[Si](C)(C)C(C)(C)C)C(=O)CBr.CC(C)(CO[Si](C)(C)C(C)(C)C)C(=O)CN1C(=O)C(NC(=O)OCc2ccccc2)N=C(c2ccccn2)c2ccccc21.CO.O=C(NC1N=C(c2ccccn2)c2ccccc2CC1=O)OCc1ccccc1.[K+]. The second-order valence-electron chi connectivity index (χ2n) is 36.6. The number of hydrogen-bond donors (Lipinski definition) is 5. The molecule has 0 bridgehead atoms. The second-order valence-corrected chi connectivity index (χ2v) is 47.3. The van der Waals surface area contributed by atoms with Gasteiger partial charge in [-0.1, -0.05) is 279 Å². The number of Topliss-reactive ketones (excluding diaryl/α,β-unsaturated/α-hetero) is 6. The van der Waals surface area contributed by atoms with Gasteiger partial charge in [0.15, 0.2) is 45.9 Å². The van der Waals surface area contributed by atoms with E-state index < -0.39 is 68.9 Å². The van der Waals surface area contributed by atoms with E-state index in [4.69, 9.17) is 43.4 Å². The first-order chi connectivity index (χ1) is 58.5. The van der Waals surface area contributed by atoms with Gasteiger partial charge in [-0.3, -0.25) is 54.2 Å². The molecule has 2 unspecified atom stereocenters. The minimum absolute atomic E-state index is 0. The Morgan fingerprint density at radius 2 is 0.882 bits per heavy atom. The van der Waals surface area contributed by atoms with Crippen molar-refractivity contribution < 1.29 is 138 Å². The Hall–Kier alpha value is -5.74. The summed E-state index contributed by atoms with van der Waals surface area (Å²) in [6.07, 6.45) is 2.13. The number of para-hydroxylation sites is 1. The first-order valence-corrected chi connectivity index (χ1v) is 53.4. The Labute approximate surface area is 832 Å². The molecule has 6 aromatic rings. The second kappa shape index (κ2) is 60.4. The Morgan fingerprint density at radius 1 is 0.528 bits per heavy atom. The molecule has 2 aromatic heterocycles. The van der Waals surface area contributed by atoms with Crippen LogP contribution in [0.3, 0.4) is 0 Å². The van der Waals surface area contributed by atoms with Crippen molar-refractivity contribution in [3.8, 4) is 0 Å². The predicted molar refractivity (Wildman–Crippen MR) is 521 cm³/mol. The molecule has 127 heavy (non-hydrogen) atoms. The summed E-state index contributed by atoms with van der Waals surface area (Å²) in [6.45, 7) is 50.5. The first-order valence-electron chi connectivity index (χ1n) is 41.6. The number of aliphatic hydroxyl groups is 3. The van der Waals surface area contributed by atoms with Crippen molar-refractivity contribution in [3.63, 3.8) is 0 Å². The first kappa shape index (κ1) is 123. The number of aliphatic hydroxyl groups excluding tert-OH is 3. The van der Waals surface area contributed by atoms with Crippen LogP contribution in [-0.2, 0) is 76.3 Å². The van der Waals surface area contributed by atoms with Gasteiger partial charge >= 0.3 is 63.6 Å². The number of fused-ring (bicyclic) bond motifs is 2. The number of nitrogens with zero attached hydrogens (tertiary/aromatic N) is 5. The summed E-state index contributed by atoms with van der Waals surface area (Å²) in [6, 6.07) is 44.3. The number of carbonyl (C=O) groups excluding carboxylic acids is 9. The number of amides is 3. The van der Waals surface area contributed by atoms with E-state index in [1.165, 1.54) is 24.7 Å². The number of nitrogens with one attached hydrogen (secondary N) is 2. The predicted octanol–water partition coefficient (Wildman–Crippen LogP) is 15.5. The maximum absolute atomic E-state index is 14.2. The van der Waals surface area contributed by atoms with Crippen LogP contribution < -0.4 is 72.0 Å². The molecule has 32 heteroatoms. The third-order valence-electron chi connectivity index (χ3n) is 20.6. The fourth-order valence-corrected chi connectivity index (χ4v) is 13.0. The van der Waals surface area contributed by atoms with Crippen LogP contribution in [0.5, 0.6) is 0 Å². The van der Waals surface area contributed by atoms with E-state index in [1.54, 1.807) is 92.0 Å². The molecule has 0 aliphatic carbocycles. The van der Waals surface area contributed by atoms with Gasteiger partial charge in [-0.15, -0.1) is 5.60 Å². The summed E-state index contributed by atoms with van der Waals surface area (Å²) in [7, 11) is -2.86. The Balaban J connectivity index is 0. The molecule has 9 rings (SSSR count). The molecule has 0 radical (unpaired) electrons. The number of benzodiazepines with no additional fused rings is 1. The van der Waals surface area contributed by atoms with Gasteiger partial charge in [-0.25, -0.2) is 19.6 Å². The molecular formula is C95H140Br4KN7O18Si2. The van der Waals surface area contributed by atoms with Crippen molar-refractivity contribution in [1.82, 2.24) is 20.6 Å². The van der Waals surface area contributed by atoms with E-state index in [-0.39, 0.29) is 153 Å². The number of alkyl halides is 2. The van der Waals surface area contributed by atoms with Gasteiger partial charge in [0.1, 0.15) is 24.8 Å². The molecule has 0 saturated carbocycles. The third kappa shape index (κ3) is 47.0. The van der Waals surface area contributed by atoms with E-state index in [0.717, 1.165) is 42.6 Å². The number of ether oxygens (including phenoxy) is 3. The average Bonchev–Trinajstić information content (AvgIpc) is 1.65. The molecule has 3 aliphatic heterocycles. The van der Waals surface area contributed by atoms with Gasteiger partial charge in [0.25, 0.3) is 5.91 Å². The molecule has 1 fully saturated rings. The van der Waals surface area contributed by atoms with Crippen LogP contribution in [0.25, 0.3) is 0 Å². The summed E-state index contributed by atoms with van der Waals surface area (Å²) >= 11 is 11.7. The molecule has 4 aromatic carbocycles. The van der Waals surface area contributed by atoms with Gasteiger partial charge in [0.2, 0.25) is 6.17 Å². The molecule has 1 saturated heterocycles. The van der Waals surface area contributed by atoms with E-state index in [1.807, 2.05) is 163 Å². The minimum Gasteiger partial charge on any atom is -0.850 e. The third-order valence-corrected chi connectivity index (χ3v) is 30.5. The molecule has 3 aliphatic rings. The molecule has 3 amide bonds. The zero-order valence-electron chi connectivity index (χ0n) is 79.9. The molecule has 25 nitrogen and oxygen atoms in total. The van der Waals surface area contributed by atoms with Crippen LogP contribution in [-0.4, -0.2) is 188 Å². The van der Waals surface area contributed by atoms with Crippen molar-refractivity contribution in [2.24, 2.45) is 37.6 Å². The number of ketones is 6. The van der Waals surface area contributed by atoms with Crippen molar-refractivity contribution in [2.45, 2.75) is 232 Å². The summed E-state index contributed by atoms with van der Waals surface area (Å²) in [5.41, 5.74) is 3.47. The fraction of sp³-hybridized carbons (Fsp3) is 0.526. The van der Waals surface area contributed by atoms with Crippen LogP contribution in [0.4, 0.5) is 15.3 Å². The Kier molecular flexibility index (Phi) is 58.7. The number of benzene rings is 4. The van der Waals surface area contributed by atoms with Crippen LogP contribution in [0.2, 0.25) is 36.3 Å². The van der Waals surface area contributed by atoms with Gasteiger partial charge in [-0.2, -0.15) is 0 Å². The van der Waals surface area contributed by atoms with Crippen molar-refractivity contribution in [3.05, 3.63) is 197 Å².